The molecule has 0 bridgehead atoms. The second-order valence-electron chi connectivity index (χ2n) is 8.88. The van der Waals surface area contributed by atoms with Gasteiger partial charge in [-0.3, -0.25) is 0 Å². The van der Waals surface area contributed by atoms with Crippen molar-refractivity contribution in [2.45, 2.75) is 26.9 Å². The van der Waals surface area contributed by atoms with Crippen LogP contribution in [0.5, 0.6) is 0 Å². The normalized spacial score (nSPS) is 11.2. The van der Waals surface area contributed by atoms with Gasteiger partial charge in [0.25, 0.3) is 0 Å². The molecule has 0 fully saturated rings. The molecule has 0 unspecified atom stereocenters. The van der Waals surface area contributed by atoms with E-state index < -0.39 is 29.2 Å². The highest BCUT2D eigenvalue weighted by Gasteiger charge is 2.24. The predicted molar refractivity (Wildman–Crippen MR) is 134 cm³/mol. The minimum absolute atomic E-state index is 0.00726. The monoisotopic (exact) mass is 504 g/mol. The number of carbonyl (C=O) groups excluding carboxylic acids is 1. The molecular formula is C29H23F3N2O3. The number of carbonyl (C=O) groups is 1. The van der Waals surface area contributed by atoms with Gasteiger partial charge in [-0.2, -0.15) is 0 Å². The number of nitrogens with one attached hydrogen (secondary N) is 1. The molecule has 5 nitrogen and oxygen atoms in total. The van der Waals surface area contributed by atoms with Crippen LogP contribution in [0.25, 0.3) is 22.1 Å². The van der Waals surface area contributed by atoms with Crippen LogP contribution in [0.15, 0.2) is 81.8 Å². The molecule has 37 heavy (non-hydrogen) atoms. The van der Waals surface area contributed by atoms with Crippen LogP contribution < -0.4 is 5.32 Å². The van der Waals surface area contributed by atoms with Crippen LogP contribution in [0.1, 0.15) is 22.6 Å². The van der Waals surface area contributed by atoms with Gasteiger partial charge in [0, 0.05) is 23.1 Å². The van der Waals surface area contributed by atoms with Crippen LogP contribution in [0.2, 0.25) is 0 Å². The molecule has 0 saturated carbocycles. The lowest BCUT2D eigenvalue weighted by atomic mass is 9.99. The summed E-state index contributed by atoms with van der Waals surface area (Å²) in [6.45, 7) is 3.93. The Hall–Kier alpha value is -4.46. The molecule has 0 atom stereocenters. The molecule has 0 aliphatic rings. The van der Waals surface area contributed by atoms with Crippen LogP contribution in [-0.4, -0.2) is 10.9 Å². The fraction of sp³-hybridized carbons (Fsp3) is 0.138. The molecule has 3 aromatic carbocycles. The van der Waals surface area contributed by atoms with E-state index in [1.165, 1.54) is 11.2 Å². The number of hydrogen-bond acceptors (Lipinski definition) is 3. The van der Waals surface area contributed by atoms with Gasteiger partial charge in [0.15, 0.2) is 11.6 Å². The Labute approximate surface area is 211 Å². The molecule has 0 saturated heterocycles. The first kappa shape index (κ1) is 24.2. The van der Waals surface area contributed by atoms with Crippen LogP contribution in [0.4, 0.5) is 23.7 Å². The summed E-state index contributed by atoms with van der Waals surface area (Å²) in [5, 5.41) is 3.12. The van der Waals surface area contributed by atoms with Crippen molar-refractivity contribution in [1.82, 2.24) is 4.90 Å². The fourth-order valence-electron chi connectivity index (χ4n) is 4.22. The van der Waals surface area contributed by atoms with Gasteiger partial charge in [-0.1, -0.05) is 41.5 Å². The Morgan fingerprint density at radius 3 is 2.27 bits per heavy atom. The number of aryl methyl sites for hydroxylation is 2. The molecule has 2 aromatic heterocycles. The number of benzene rings is 3. The average Bonchev–Trinajstić information content (AvgIpc) is 3.49. The first-order chi connectivity index (χ1) is 17.8. The van der Waals surface area contributed by atoms with E-state index in [1.807, 2.05) is 56.3 Å². The topological polar surface area (TPSA) is 58.6 Å². The number of hydrogen-bond donors (Lipinski definition) is 1. The van der Waals surface area contributed by atoms with Gasteiger partial charge in [-0.15, -0.1) is 0 Å². The third-order valence-corrected chi connectivity index (χ3v) is 6.04. The van der Waals surface area contributed by atoms with Gasteiger partial charge in [0.2, 0.25) is 0 Å². The summed E-state index contributed by atoms with van der Waals surface area (Å²) in [7, 11) is 0. The number of halogens is 3. The van der Waals surface area contributed by atoms with Crippen molar-refractivity contribution in [3.8, 4) is 11.1 Å². The molecule has 2 heterocycles. The van der Waals surface area contributed by atoms with E-state index in [1.54, 1.807) is 12.1 Å². The van der Waals surface area contributed by atoms with Gasteiger partial charge >= 0.3 is 6.03 Å². The number of urea groups is 1. The van der Waals surface area contributed by atoms with Gasteiger partial charge in [0.1, 0.15) is 28.6 Å². The van der Waals surface area contributed by atoms with Crippen molar-refractivity contribution < 1.29 is 26.8 Å². The lowest BCUT2D eigenvalue weighted by Gasteiger charge is -2.22. The van der Waals surface area contributed by atoms with Gasteiger partial charge in [-0.25, -0.2) is 18.0 Å². The second kappa shape index (κ2) is 9.89. The zero-order valence-electron chi connectivity index (χ0n) is 20.1. The molecule has 0 aliphatic carbocycles. The second-order valence-corrected chi connectivity index (χ2v) is 8.88. The van der Waals surface area contributed by atoms with Crippen LogP contribution in [-0.2, 0) is 13.1 Å². The minimum atomic E-state index is -1.22. The summed E-state index contributed by atoms with van der Waals surface area (Å²) in [6, 6.07) is 17.3. The van der Waals surface area contributed by atoms with Crippen molar-refractivity contribution in [3.05, 3.63) is 113 Å². The molecule has 2 amide bonds. The van der Waals surface area contributed by atoms with E-state index in [0.29, 0.717) is 29.2 Å². The Balaban J connectivity index is 1.56. The van der Waals surface area contributed by atoms with E-state index in [0.717, 1.165) is 27.6 Å². The molecule has 1 N–H and O–H groups in total. The molecule has 8 heteroatoms. The summed E-state index contributed by atoms with van der Waals surface area (Å²) in [4.78, 5) is 14.6. The molecule has 0 spiro atoms. The van der Waals surface area contributed by atoms with E-state index >= 15 is 0 Å². The molecule has 5 aromatic rings. The van der Waals surface area contributed by atoms with Crippen LogP contribution in [0.3, 0.4) is 0 Å². The highest BCUT2D eigenvalue weighted by molar-refractivity contribution is 5.96. The lowest BCUT2D eigenvalue weighted by Crippen LogP contribution is -2.34. The number of fused-ring (bicyclic) bond motifs is 1. The van der Waals surface area contributed by atoms with Gasteiger partial charge < -0.3 is 19.1 Å². The molecule has 5 rings (SSSR count). The highest BCUT2D eigenvalue weighted by Crippen LogP contribution is 2.37. The Morgan fingerprint density at radius 1 is 0.892 bits per heavy atom. The van der Waals surface area contributed by atoms with Crippen LogP contribution in [0, 0.1) is 31.3 Å². The first-order valence-electron chi connectivity index (χ1n) is 11.6. The largest absolute Gasteiger partial charge is 0.467 e. The van der Waals surface area contributed by atoms with E-state index in [-0.39, 0.29) is 13.1 Å². The van der Waals surface area contributed by atoms with Gasteiger partial charge in [-0.05, 0) is 43.7 Å². The molecule has 0 radical (unpaired) electrons. The Kier molecular flexibility index (Phi) is 6.48. The smallest absolute Gasteiger partial charge is 0.322 e. The first-order valence-corrected chi connectivity index (χ1v) is 11.6. The van der Waals surface area contributed by atoms with Crippen molar-refractivity contribution in [1.29, 1.82) is 0 Å². The standard InChI is InChI=1S/C29H23F3N2O3/c1-17-5-8-19(9-6-17)27-22-12-18(2)7-10-25(22)37-26(27)16-34(15-21-4-3-11-36-21)29(35)33-28-23(31)13-20(30)14-24(28)32/h3-14H,15-16H2,1-2H3,(H,33,35). The van der Waals surface area contributed by atoms with E-state index in [9.17, 15) is 18.0 Å². The molecule has 188 valence electrons. The number of anilines is 1. The third-order valence-electron chi connectivity index (χ3n) is 6.04. The average molecular weight is 505 g/mol. The fourth-order valence-corrected chi connectivity index (χ4v) is 4.22. The predicted octanol–water partition coefficient (Wildman–Crippen LogP) is 7.96. The highest BCUT2D eigenvalue weighted by atomic mass is 19.1. The van der Waals surface area contributed by atoms with Crippen molar-refractivity contribution in [2.75, 3.05) is 5.32 Å². The van der Waals surface area contributed by atoms with Gasteiger partial charge in [0.05, 0.1) is 19.4 Å². The SMILES string of the molecule is Cc1ccc(-c2c(CN(Cc3ccco3)C(=O)Nc3c(F)cc(F)cc3F)oc3ccc(C)cc23)cc1. The summed E-state index contributed by atoms with van der Waals surface area (Å²) >= 11 is 0. The summed E-state index contributed by atoms with van der Waals surface area (Å²) in [5.74, 6) is -2.57. The molecule has 0 aliphatic heterocycles. The molecular weight excluding hydrogens is 481 g/mol. The Bertz CT molecular complexity index is 1550. The summed E-state index contributed by atoms with van der Waals surface area (Å²) in [5.41, 5.74) is 3.76. The number of rotatable bonds is 6. The summed E-state index contributed by atoms with van der Waals surface area (Å²) < 4.78 is 53.6. The van der Waals surface area contributed by atoms with E-state index in [2.05, 4.69) is 5.32 Å². The zero-order chi connectivity index (χ0) is 26.1. The maximum absolute atomic E-state index is 14.3. The van der Waals surface area contributed by atoms with E-state index in [4.69, 9.17) is 8.83 Å². The Morgan fingerprint density at radius 2 is 1.59 bits per heavy atom. The third kappa shape index (κ3) is 5.09. The minimum Gasteiger partial charge on any atom is -0.467 e. The van der Waals surface area contributed by atoms with Crippen molar-refractivity contribution in [2.24, 2.45) is 0 Å². The quantitative estimate of drug-likeness (QED) is 0.255. The van der Waals surface area contributed by atoms with Crippen molar-refractivity contribution >= 4 is 22.7 Å². The zero-order valence-corrected chi connectivity index (χ0v) is 20.1. The lowest BCUT2D eigenvalue weighted by molar-refractivity contribution is 0.196. The maximum atomic E-state index is 14.3. The summed E-state index contributed by atoms with van der Waals surface area (Å²) in [6.07, 6.45) is 1.46. The number of nitrogens with zero attached hydrogens (tertiary/aromatic N) is 1. The van der Waals surface area contributed by atoms with Crippen molar-refractivity contribution in [3.63, 3.8) is 0 Å². The number of amides is 2. The van der Waals surface area contributed by atoms with Crippen LogP contribution >= 0.6 is 0 Å². The number of furan rings is 2. The maximum Gasteiger partial charge on any atom is 0.322 e.